The standard InChI is InChI=1S/C20H21N3O5S2/c1-5-28-20(26)16-12(3)15(19(25)27-4)18(30-16)23-14(24)8-9-29-17-13(10-21)7-6-11(2)22-17/h6-7H,5,8-9H2,1-4H3,(H,23,24). The lowest BCUT2D eigenvalue weighted by atomic mass is 10.1. The van der Waals surface area contributed by atoms with Gasteiger partial charge in [0.2, 0.25) is 5.91 Å². The fraction of sp³-hybridized carbons (Fsp3) is 0.350. The summed E-state index contributed by atoms with van der Waals surface area (Å²) in [4.78, 5) is 41.3. The Balaban J connectivity index is 2.11. The minimum absolute atomic E-state index is 0.122. The quantitative estimate of drug-likeness (QED) is 0.480. The number of nitriles is 1. The number of nitrogens with one attached hydrogen (secondary N) is 1. The first-order valence-electron chi connectivity index (χ1n) is 9.01. The summed E-state index contributed by atoms with van der Waals surface area (Å²) in [7, 11) is 1.23. The molecule has 1 N–H and O–H groups in total. The molecule has 10 heteroatoms. The maximum absolute atomic E-state index is 12.4. The van der Waals surface area contributed by atoms with Gasteiger partial charge in [0.15, 0.2) is 0 Å². The summed E-state index contributed by atoms with van der Waals surface area (Å²) in [6, 6.07) is 5.53. The van der Waals surface area contributed by atoms with E-state index in [1.54, 1.807) is 26.0 Å². The van der Waals surface area contributed by atoms with Gasteiger partial charge in [0, 0.05) is 17.9 Å². The summed E-state index contributed by atoms with van der Waals surface area (Å²) in [6.07, 6.45) is 0.122. The highest BCUT2D eigenvalue weighted by Crippen LogP contribution is 2.34. The Morgan fingerprint density at radius 2 is 2.00 bits per heavy atom. The Morgan fingerprint density at radius 3 is 2.63 bits per heavy atom. The number of carbonyl (C=O) groups excluding carboxylic acids is 3. The van der Waals surface area contributed by atoms with E-state index in [1.807, 2.05) is 6.92 Å². The molecule has 1 amide bonds. The Labute approximate surface area is 182 Å². The van der Waals surface area contributed by atoms with Gasteiger partial charge in [-0.15, -0.1) is 23.1 Å². The van der Waals surface area contributed by atoms with Gasteiger partial charge in [-0.05, 0) is 38.5 Å². The SMILES string of the molecule is CCOC(=O)c1sc(NC(=O)CCSc2nc(C)ccc2C#N)c(C(=O)OC)c1C. The van der Waals surface area contributed by atoms with Crippen LogP contribution in [0, 0.1) is 25.2 Å². The normalized spacial score (nSPS) is 10.2. The van der Waals surface area contributed by atoms with E-state index < -0.39 is 11.9 Å². The lowest BCUT2D eigenvalue weighted by Gasteiger charge is -2.07. The molecule has 2 rings (SSSR count). The van der Waals surface area contributed by atoms with Crippen LogP contribution in [0.1, 0.15) is 50.2 Å². The number of ether oxygens (including phenoxy) is 2. The third-order valence-electron chi connectivity index (χ3n) is 3.94. The average molecular weight is 448 g/mol. The van der Waals surface area contributed by atoms with Crippen LogP contribution in [-0.2, 0) is 14.3 Å². The van der Waals surface area contributed by atoms with Gasteiger partial charge in [-0.1, -0.05) is 0 Å². The topological polar surface area (TPSA) is 118 Å². The summed E-state index contributed by atoms with van der Waals surface area (Å²) >= 11 is 2.28. The van der Waals surface area contributed by atoms with Gasteiger partial charge >= 0.3 is 11.9 Å². The Bertz CT molecular complexity index is 1010. The van der Waals surface area contributed by atoms with Gasteiger partial charge < -0.3 is 14.8 Å². The maximum atomic E-state index is 12.4. The van der Waals surface area contributed by atoms with Crippen molar-refractivity contribution >= 4 is 45.9 Å². The minimum Gasteiger partial charge on any atom is -0.465 e. The fourth-order valence-electron chi connectivity index (χ4n) is 2.50. The van der Waals surface area contributed by atoms with Crippen LogP contribution in [0.2, 0.25) is 0 Å². The first-order valence-corrected chi connectivity index (χ1v) is 10.8. The van der Waals surface area contributed by atoms with E-state index >= 15 is 0 Å². The summed E-state index contributed by atoms with van der Waals surface area (Å²) in [6.45, 7) is 5.31. The van der Waals surface area contributed by atoms with E-state index in [1.165, 1.54) is 18.9 Å². The van der Waals surface area contributed by atoms with Crippen LogP contribution in [0.5, 0.6) is 0 Å². The minimum atomic E-state index is -0.647. The molecule has 0 saturated heterocycles. The molecule has 0 bridgehead atoms. The number of pyridine rings is 1. The highest BCUT2D eigenvalue weighted by Gasteiger charge is 2.27. The molecule has 0 fully saturated rings. The molecule has 0 aromatic carbocycles. The van der Waals surface area contributed by atoms with Gasteiger partial charge in [-0.25, -0.2) is 14.6 Å². The van der Waals surface area contributed by atoms with Crippen LogP contribution < -0.4 is 5.32 Å². The predicted octanol–water partition coefficient (Wildman–Crippen LogP) is 3.72. The molecule has 8 nitrogen and oxygen atoms in total. The van der Waals surface area contributed by atoms with Crippen molar-refractivity contribution in [2.45, 2.75) is 32.2 Å². The lowest BCUT2D eigenvalue weighted by Crippen LogP contribution is -2.14. The molecule has 0 radical (unpaired) electrons. The summed E-state index contributed by atoms with van der Waals surface area (Å²) in [5.74, 6) is -1.16. The van der Waals surface area contributed by atoms with E-state index in [-0.39, 0.29) is 34.4 Å². The molecule has 0 atom stereocenters. The van der Waals surface area contributed by atoms with E-state index in [0.717, 1.165) is 17.0 Å². The number of hydrogen-bond acceptors (Lipinski definition) is 9. The third kappa shape index (κ3) is 5.58. The first kappa shape index (κ1) is 23.4. The van der Waals surface area contributed by atoms with Crippen molar-refractivity contribution in [2.24, 2.45) is 0 Å². The highest BCUT2D eigenvalue weighted by molar-refractivity contribution is 7.99. The number of amides is 1. The summed E-state index contributed by atoms with van der Waals surface area (Å²) < 4.78 is 9.80. The zero-order valence-corrected chi connectivity index (χ0v) is 18.7. The van der Waals surface area contributed by atoms with Crippen LogP contribution in [0.25, 0.3) is 0 Å². The molecule has 0 aliphatic heterocycles. The molecule has 2 aromatic heterocycles. The second-order valence-corrected chi connectivity index (χ2v) is 8.14. The van der Waals surface area contributed by atoms with Crippen molar-refractivity contribution in [1.29, 1.82) is 5.26 Å². The van der Waals surface area contributed by atoms with Crippen LogP contribution in [-0.4, -0.2) is 42.3 Å². The molecule has 2 heterocycles. The number of hydrogen-bond donors (Lipinski definition) is 1. The van der Waals surface area contributed by atoms with Crippen molar-refractivity contribution in [3.8, 4) is 6.07 Å². The van der Waals surface area contributed by atoms with Gasteiger partial charge in [-0.2, -0.15) is 5.26 Å². The Kier molecular flexibility index (Phi) is 8.38. The predicted molar refractivity (Wildman–Crippen MR) is 114 cm³/mol. The third-order valence-corrected chi connectivity index (χ3v) is 6.12. The van der Waals surface area contributed by atoms with Crippen LogP contribution in [0.3, 0.4) is 0 Å². The average Bonchev–Trinajstić information content (AvgIpc) is 3.03. The number of carbonyl (C=O) groups is 3. The van der Waals surface area contributed by atoms with Gasteiger partial charge in [0.1, 0.15) is 21.0 Å². The number of esters is 2. The molecular weight excluding hydrogens is 426 g/mol. The van der Waals surface area contributed by atoms with Crippen molar-refractivity contribution in [3.63, 3.8) is 0 Å². The van der Waals surface area contributed by atoms with Gasteiger partial charge in [-0.3, -0.25) is 4.79 Å². The van der Waals surface area contributed by atoms with E-state index in [0.29, 0.717) is 21.9 Å². The van der Waals surface area contributed by atoms with Crippen molar-refractivity contribution in [3.05, 3.63) is 39.4 Å². The Hall–Kier alpha value is -2.90. The molecule has 0 unspecified atom stereocenters. The molecule has 158 valence electrons. The van der Waals surface area contributed by atoms with E-state index in [2.05, 4.69) is 16.4 Å². The number of methoxy groups -OCH3 is 1. The lowest BCUT2D eigenvalue weighted by molar-refractivity contribution is -0.115. The van der Waals surface area contributed by atoms with Crippen LogP contribution in [0.4, 0.5) is 5.00 Å². The highest BCUT2D eigenvalue weighted by atomic mass is 32.2. The molecule has 0 aliphatic rings. The number of rotatable bonds is 8. The van der Waals surface area contributed by atoms with Crippen LogP contribution in [0.15, 0.2) is 17.2 Å². The smallest absolute Gasteiger partial charge is 0.348 e. The van der Waals surface area contributed by atoms with Crippen molar-refractivity contribution in [2.75, 3.05) is 24.8 Å². The molecule has 0 saturated carbocycles. The van der Waals surface area contributed by atoms with Crippen molar-refractivity contribution in [1.82, 2.24) is 4.98 Å². The number of anilines is 1. The Morgan fingerprint density at radius 1 is 1.27 bits per heavy atom. The van der Waals surface area contributed by atoms with Gasteiger partial charge in [0.05, 0.1) is 24.8 Å². The monoisotopic (exact) mass is 447 g/mol. The van der Waals surface area contributed by atoms with Gasteiger partial charge in [0.25, 0.3) is 0 Å². The van der Waals surface area contributed by atoms with E-state index in [4.69, 9.17) is 14.7 Å². The molecule has 0 aliphatic carbocycles. The molecular formula is C20H21N3O5S2. The summed E-state index contributed by atoms with van der Waals surface area (Å²) in [5.41, 5.74) is 1.77. The van der Waals surface area contributed by atoms with Crippen molar-refractivity contribution < 1.29 is 23.9 Å². The van der Waals surface area contributed by atoms with E-state index in [9.17, 15) is 14.4 Å². The van der Waals surface area contributed by atoms with Crippen LogP contribution >= 0.6 is 23.1 Å². The maximum Gasteiger partial charge on any atom is 0.348 e. The molecule has 2 aromatic rings. The number of nitrogens with zero attached hydrogens (tertiary/aromatic N) is 2. The largest absolute Gasteiger partial charge is 0.465 e. The summed E-state index contributed by atoms with van der Waals surface area (Å²) in [5, 5.41) is 12.7. The fourth-order valence-corrected chi connectivity index (χ4v) is 4.56. The number of aryl methyl sites for hydroxylation is 1. The molecule has 0 spiro atoms. The second kappa shape index (κ2) is 10.8. The zero-order valence-electron chi connectivity index (χ0n) is 17.0. The number of thioether (sulfide) groups is 1. The second-order valence-electron chi connectivity index (χ2n) is 6.04. The molecule has 30 heavy (non-hydrogen) atoms. The zero-order chi connectivity index (χ0) is 22.3. The number of thiophene rings is 1. The first-order chi connectivity index (χ1) is 14.3. The number of aromatic nitrogens is 1.